The summed E-state index contributed by atoms with van der Waals surface area (Å²) >= 11 is 3.20. The Kier molecular flexibility index (Phi) is 3.20. The second-order valence-corrected chi connectivity index (χ2v) is 6.95. The highest BCUT2D eigenvalue weighted by Gasteiger charge is 2.44. The van der Waals surface area contributed by atoms with Gasteiger partial charge in [0.25, 0.3) is 5.91 Å². The zero-order chi connectivity index (χ0) is 16.3. The summed E-state index contributed by atoms with van der Waals surface area (Å²) in [6.45, 7) is 0.512. The Labute approximate surface area is 141 Å². The summed E-state index contributed by atoms with van der Waals surface area (Å²) in [5.74, 6) is -0.791. The molecule has 1 aromatic carbocycles. The molecule has 1 aliphatic carbocycles. The van der Waals surface area contributed by atoms with Crippen LogP contribution in [-0.2, 0) is 9.59 Å². The summed E-state index contributed by atoms with van der Waals surface area (Å²) in [4.78, 5) is 26.6. The first-order chi connectivity index (χ1) is 11.0. The first kappa shape index (κ1) is 14.6. The number of ketones is 1. The Hall–Kier alpha value is -1.95. The van der Waals surface area contributed by atoms with Crippen molar-refractivity contribution in [2.24, 2.45) is 0 Å². The number of carbonyl (C=O) groups excluding carboxylic acids is 2. The summed E-state index contributed by atoms with van der Waals surface area (Å²) < 4.78 is 13.9. The number of halogens is 2. The minimum atomic E-state index is -0.411. The molecule has 118 valence electrons. The van der Waals surface area contributed by atoms with Crippen molar-refractivity contribution in [2.45, 2.75) is 18.8 Å². The molecular formula is C17H14BrFN2O2. The van der Waals surface area contributed by atoms with Crippen molar-refractivity contribution >= 4 is 27.6 Å². The Morgan fingerprint density at radius 1 is 1.22 bits per heavy atom. The van der Waals surface area contributed by atoms with E-state index in [9.17, 15) is 14.0 Å². The SMILES string of the molecule is CN1CC2=C(C1=O)[C@@H](c1ccc(F)c(Br)c1)C1=C(CCC1=O)N2. The van der Waals surface area contributed by atoms with E-state index < -0.39 is 5.92 Å². The third kappa shape index (κ3) is 2.08. The van der Waals surface area contributed by atoms with Gasteiger partial charge in [-0.15, -0.1) is 0 Å². The van der Waals surface area contributed by atoms with E-state index >= 15 is 0 Å². The maximum Gasteiger partial charge on any atom is 0.252 e. The maximum atomic E-state index is 13.6. The van der Waals surface area contributed by atoms with Gasteiger partial charge < -0.3 is 10.2 Å². The molecule has 0 aromatic heterocycles. The molecule has 0 fully saturated rings. The lowest BCUT2D eigenvalue weighted by molar-refractivity contribution is -0.124. The number of nitrogens with zero attached hydrogens (tertiary/aromatic N) is 1. The predicted molar refractivity (Wildman–Crippen MR) is 85.9 cm³/mol. The zero-order valence-electron chi connectivity index (χ0n) is 12.5. The number of rotatable bonds is 1. The van der Waals surface area contributed by atoms with Crippen LogP contribution >= 0.6 is 15.9 Å². The van der Waals surface area contributed by atoms with E-state index in [-0.39, 0.29) is 17.5 Å². The van der Waals surface area contributed by atoms with E-state index in [1.165, 1.54) is 6.07 Å². The number of Topliss-reactive ketones (excluding diaryl/α,β-unsaturated/α-hetero) is 1. The molecular weight excluding hydrogens is 363 g/mol. The third-order valence-electron chi connectivity index (χ3n) is 4.68. The molecule has 0 radical (unpaired) electrons. The van der Waals surface area contributed by atoms with Gasteiger partial charge in [0.1, 0.15) is 5.82 Å². The number of amides is 1. The van der Waals surface area contributed by atoms with Crippen LogP contribution in [0.4, 0.5) is 4.39 Å². The van der Waals surface area contributed by atoms with Crippen LogP contribution in [0, 0.1) is 5.82 Å². The van der Waals surface area contributed by atoms with Crippen molar-refractivity contribution in [1.82, 2.24) is 10.2 Å². The molecule has 2 aliphatic heterocycles. The zero-order valence-corrected chi connectivity index (χ0v) is 14.0. The monoisotopic (exact) mass is 376 g/mol. The van der Waals surface area contributed by atoms with Crippen LogP contribution in [0.25, 0.3) is 0 Å². The van der Waals surface area contributed by atoms with Crippen LogP contribution in [0.5, 0.6) is 0 Å². The minimum Gasteiger partial charge on any atom is -0.360 e. The van der Waals surface area contributed by atoms with Gasteiger partial charge in [-0.05, 0) is 40.0 Å². The second-order valence-electron chi connectivity index (χ2n) is 6.10. The fourth-order valence-electron chi connectivity index (χ4n) is 3.63. The molecule has 4 rings (SSSR count). The summed E-state index contributed by atoms with van der Waals surface area (Å²) in [7, 11) is 1.74. The lowest BCUT2D eigenvalue weighted by Crippen LogP contribution is -2.27. The van der Waals surface area contributed by atoms with Crippen molar-refractivity contribution in [3.05, 3.63) is 56.6 Å². The summed E-state index contributed by atoms with van der Waals surface area (Å²) in [5.41, 5.74) is 3.79. The van der Waals surface area contributed by atoms with Gasteiger partial charge in [-0.1, -0.05) is 6.07 Å². The number of allylic oxidation sites excluding steroid dienone is 2. The lowest BCUT2D eigenvalue weighted by atomic mass is 9.81. The molecule has 0 bridgehead atoms. The van der Waals surface area contributed by atoms with Crippen molar-refractivity contribution < 1.29 is 14.0 Å². The van der Waals surface area contributed by atoms with Gasteiger partial charge in [-0.3, -0.25) is 9.59 Å². The van der Waals surface area contributed by atoms with Crippen LogP contribution in [0.1, 0.15) is 24.3 Å². The molecule has 0 saturated heterocycles. The topological polar surface area (TPSA) is 49.4 Å². The van der Waals surface area contributed by atoms with E-state index in [0.29, 0.717) is 35.0 Å². The van der Waals surface area contributed by atoms with Gasteiger partial charge in [0.2, 0.25) is 0 Å². The fraction of sp³-hybridized carbons (Fsp3) is 0.294. The molecule has 2 heterocycles. The Bertz CT molecular complexity index is 828. The highest BCUT2D eigenvalue weighted by atomic mass is 79.9. The van der Waals surface area contributed by atoms with Gasteiger partial charge >= 0.3 is 0 Å². The van der Waals surface area contributed by atoms with Crippen molar-refractivity contribution in [1.29, 1.82) is 0 Å². The number of hydrogen-bond acceptors (Lipinski definition) is 3. The summed E-state index contributed by atoms with van der Waals surface area (Å²) in [5, 5.41) is 3.28. The number of hydrogen-bond donors (Lipinski definition) is 1. The maximum absolute atomic E-state index is 13.6. The largest absolute Gasteiger partial charge is 0.360 e. The highest BCUT2D eigenvalue weighted by Crippen LogP contribution is 2.45. The number of nitrogens with one attached hydrogen (secondary N) is 1. The van der Waals surface area contributed by atoms with Crippen LogP contribution in [0.2, 0.25) is 0 Å². The quantitative estimate of drug-likeness (QED) is 0.819. The summed E-state index contributed by atoms with van der Waals surface area (Å²) in [6.07, 6.45) is 1.13. The molecule has 0 saturated carbocycles. The molecule has 6 heteroatoms. The predicted octanol–water partition coefficient (Wildman–Crippen LogP) is 2.62. The average molecular weight is 377 g/mol. The van der Waals surface area contributed by atoms with E-state index in [1.54, 1.807) is 24.1 Å². The number of likely N-dealkylation sites (N-methyl/N-ethyl adjacent to an activating group) is 1. The Balaban J connectivity index is 1.90. The van der Waals surface area contributed by atoms with Gasteiger partial charge in [0, 0.05) is 36.4 Å². The van der Waals surface area contributed by atoms with Gasteiger partial charge in [-0.25, -0.2) is 4.39 Å². The molecule has 0 spiro atoms. The average Bonchev–Trinajstić information content (AvgIpc) is 3.02. The third-order valence-corrected chi connectivity index (χ3v) is 5.29. The Morgan fingerprint density at radius 3 is 2.74 bits per heavy atom. The van der Waals surface area contributed by atoms with E-state index in [0.717, 1.165) is 17.0 Å². The van der Waals surface area contributed by atoms with Gasteiger partial charge in [0.05, 0.1) is 16.6 Å². The molecule has 1 N–H and O–H groups in total. The second kappa shape index (κ2) is 5.03. The fourth-order valence-corrected chi connectivity index (χ4v) is 4.02. The molecule has 1 aromatic rings. The van der Waals surface area contributed by atoms with Crippen LogP contribution in [-0.4, -0.2) is 30.2 Å². The smallest absolute Gasteiger partial charge is 0.252 e. The van der Waals surface area contributed by atoms with Gasteiger partial charge in [0.15, 0.2) is 5.78 Å². The standard InChI is InChI=1S/C17H14BrFN2O2/c1-21-7-12-16(17(21)23)14(8-2-3-10(19)9(18)6-8)15-11(20-12)4-5-13(15)22/h2-3,6,14,20H,4-5,7H2,1H3/t14-/m0/s1. The van der Waals surface area contributed by atoms with Gasteiger partial charge in [-0.2, -0.15) is 0 Å². The Morgan fingerprint density at radius 2 is 2.00 bits per heavy atom. The van der Waals surface area contributed by atoms with Crippen molar-refractivity contribution in [3.63, 3.8) is 0 Å². The molecule has 3 aliphatic rings. The highest BCUT2D eigenvalue weighted by molar-refractivity contribution is 9.10. The summed E-state index contributed by atoms with van der Waals surface area (Å²) in [6, 6.07) is 4.69. The van der Waals surface area contributed by atoms with E-state index in [4.69, 9.17) is 0 Å². The van der Waals surface area contributed by atoms with E-state index in [1.807, 2.05) is 0 Å². The normalized spacial score (nSPS) is 23.4. The molecule has 1 amide bonds. The molecule has 0 unspecified atom stereocenters. The van der Waals surface area contributed by atoms with Crippen LogP contribution in [0.3, 0.4) is 0 Å². The number of carbonyl (C=O) groups is 2. The van der Waals surface area contributed by atoms with Crippen molar-refractivity contribution in [2.75, 3.05) is 13.6 Å². The molecule has 4 nitrogen and oxygen atoms in total. The van der Waals surface area contributed by atoms with Crippen LogP contribution < -0.4 is 5.32 Å². The van der Waals surface area contributed by atoms with Crippen molar-refractivity contribution in [3.8, 4) is 0 Å². The first-order valence-corrected chi connectivity index (χ1v) is 8.23. The van der Waals surface area contributed by atoms with Crippen LogP contribution in [0.15, 0.2) is 45.2 Å². The lowest BCUT2D eigenvalue weighted by Gasteiger charge is -2.26. The molecule has 1 atom stereocenters. The number of benzene rings is 1. The minimum absolute atomic E-state index is 0.0619. The molecule has 23 heavy (non-hydrogen) atoms. The number of dihydropyridines is 1. The van der Waals surface area contributed by atoms with E-state index in [2.05, 4.69) is 21.2 Å². The first-order valence-electron chi connectivity index (χ1n) is 7.44.